The third-order valence-electron chi connectivity index (χ3n) is 2.83. The standard InChI is InChI=1S/C16H12O3/c1-11-7-8-12-10-15(16(17)19-14(12)9-11)18-13-5-3-2-4-6-13/h2-10H,1H3. The Bertz CT molecular complexity index is 773. The fourth-order valence-corrected chi connectivity index (χ4v) is 1.89. The van der Waals surface area contributed by atoms with E-state index in [0.717, 1.165) is 10.9 Å². The molecule has 0 unspecified atom stereocenters. The Morgan fingerprint density at radius 3 is 2.58 bits per heavy atom. The summed E-state index contributed by atoms with van der Waals surface area (Å²) in [6, 6.07) is 16.6. The minimum absolute atomic E-state index is 0.197. The maximum atomic E-state index is 11.9. The van der Waals surface area contributed by atoms with Crippen LogP contribution in [0, 0.1) is 6.92 Å². The highest BCUT2D eigenvalue weighted by atomic mass is 16.5. The summed E-state index contributed by atoms with van der Waals surface area (Å²) < 4.78 is 10.8. The van der Waals surface area contributed by atoms with E-state index in [1.165, 1.54) is 0 Å². The summed E-state index contributed by atoms with van der Waals surface area (Å²) in [5.41, 5.74) is 1.15. The summed E-state index contributed by atoms with van der Waals surface area (Å²) in [5, 5.41) is 0.844. The molecule has 3 heteroatoms. The van der Waals surface area contributed by atoms with Crippen LogP contribution in [0.5, 0.6) is 11.5 Å². The Labute approximate surface area is 110 Å². The zero-order chi connectivity index (χ0) is 13.2. The maximum absolute atomic E-state index is 11.9. The number of hydrogen-bond donors (Lipinski definition) is 0. The Balaban J connectivity index is 2.07. The fraction of sp³-hybridized carbons (Fsp3) is 0.0625. The van der Waals surface area contributed by atoms with Crippen LogP contribution in [0.25, 0.3) is 11.0 Å². The van der Waals surface area contributed by atoms with Crippen molar-refractivity contribution in [1.82, 2.24) is 0 Å². The highest BCUT2D eigenvalue weighted by molar-refractivity contribution is 5.78. The first kappa shape index (κ1) is 11.5. The second-order valence-corrected chi connectivity index (χ2v) is 4.35. The van der Waals surface area contributed by atoms with Gasteiger partial charge in [0.15, 0.2) is 0 Å². The fourth-order valence-electron chi connectivity index (χ4n) is 1.89. The molecule has 0 bridgehead atoms. The summed E-state index contributed by atoms with van der Waals surface area (Å²) >= 11 is 0. The van der Waals surface area contributed by atoms with Crippen molar-refractivity contribution in [1.29, 1.82) is 0 Å². The summed E-state index contributed by atoms with van der Waals surface area (Å²) in [6.45, 7) is 1.95. The van der Waals surface area contributed by atoms with Gasteiger partial charge in [-0.2, -0.15) is 0 Å². The van der Waals surface area contributed by atoms with E-state index < -0.39 is 5.63 Å². The molecule has 0 radical (unpaired) electrons. The predicted molar refractivity (Wildman–Crippen MR) is 73.7 cm³/mol. The monoisotopic (exact) mass is 252 g/mol. The van der Waals surface area contributed by atoms with E-state index in [1.54, 1.807) is 18.2 Å². The highest BCUT2D eigenvalue weighted by Gasteiger charge is 2.07. The zero-order valence-corrected chi connectivity index (χ0v) is 10.4. The van der Waals surface area contributed by atoms with Gasteiger partial charge in [-0.1, -0.05) is 30.3 Å². The smallest absolute Gasteiger partial charge is 0.379 e. The molecule has 3 rings (SSSR count). The third kappa shape index (κ3) is 2.36. The molecule has 0 aliphatic heterocycles. The molecule has 0 saturated carbocycles. The molecule has 1 heterocycles. The van der Waals surface area contributed by atoms with Crippen molar-refractivity contribution < 1.29 is 9.15 Å². The van der Waals surface area contributed by atoms with Crippen molar-refractivity contribution in [2.75, 3.05) is 0 Å². The minimum atomic E-state index is -0.470. The van der Waals surface area contributed by atoms with Gasteiger partial charge in [-0.25, -0.2) is 4.79 Å². The molecule has 0 atom stereocenters. The normalized spacial score (nSPS) is 10.6. The Hall–Kier alpha value is -2.55. The maximum Gasteiger partial charge on any atom is 0.379 e. The van der Waals surface area contributed by atoms with Crippen LogP contribution in [0.2, 0.25) is 0 Å². The number of rotatable bonds is 2. The number of ether oxygens (including phenoxy) is 1. The van der Waals surface area contributed by atoms with E-state index in [2.05, 4.69) is 0 Å². The molecule has 0 aliphatic rings. The topological polar surface area (TPSA) is 39.4 Å². The first-order valence-corrected chi connectivity index (χ1v) is 6.00. The van der Waals surface area contributed by atoms with Gasteiger partial charge in [0.05, 0.1) is 0 Å². The van der Waals surface area contributed by atoms with Gasteiger partial charge < -0.3 is 9.15 Å². The average Bonchev–Trinajstić information content (AvgIpc) is 2.41. The van der Waals surface area contributed by atoms with Crippen LogP contribution in [-0.2, 0) is 0 Å². The quantitative estimate of drug-likeness (QED) is 0.649. The predicted octanol–water partition coefficient (Wildman–Crippen LogP) is 3.89. The first-order valence-electron chi connectivity index (χ1n) is 6.00. The number of fused-ring (bicyclic) bond motifs is 1. The van der Waals surface area contributed by atoms with Crippen molar-refractivity contribution in [2.24, 2.45) is 0 Å². The van der Waals surface area contributed by atoms with Crippen LogP contribution in [0.3, 0.4) is 0 Å². The summed E-state index contributed by atoms with van der Waals surface area (Å²) in [6.07, 6.45) is 0. The molecule has 0 spiro atoms. The molecule has 94 valence electrons. The molecule has 0 N–H and O–H groups in total. The van der Waals surface area contributed by atoms with Crippen LogP contribution < -0.4 is 10.4 Å². The number of hydrogen-bond acceptors (Lipinski definition) is 3. The molecule has 19 heavy (non-hydrogen) atoms. The molecule has 0 saturated heterocycles. The van der Waals surface area contributed by atoms with Gasteiger partial charge in [-0.3, -0.25) is 0 Å². The molecular weight excluding hydrogens is 240 g/mol. The van der Waals surface area contributed by atoms with E-state index in [9.17, 15) is 4.79 Å². The molecule has 3 aromatic rings. The number of aryl methyl sites for hydroxylation is 1. The first-order chi connectivity index (χ1) is 9.22. The number of benzene rings is 2. The SMILES string of the molecule is Cc1ccc2cc(Oc3ccccc3)c(=O)oc2c1. The molecule has 0 aliphatic carbocycles. The van der Waals surface area contributed by atoms with Crippen molar-refractivity contribution in [3.63, 3.8) is 0 Å². The van der Waals surface area contributed by atoms with Crippen LogP contribution in [0.1, 0.15) is 5.56 Å². The van der Waals surface area contributed by atoms with Gasteiger partial charge in [0.2, 0.25) is 5.75 Å². The lowest BCUT2D eigenvalue weighted by molar-refractivity contribution is 0.437. The van der Waals surface area contributed by atoms with Crippen molar-refractivity contribution in [3.8, 4) is 11.5 Å². The van der Waals surface area contributed by atoms with Crippen LogP contribution in [-0.4, -0.2) is 0 Å². The lowest BCUT2D eigenvalue weighted by atomic mass is 10.2. The molecule has 2 aromatic carbocycles. The van der Waals surface area contributed by atoms with Crippen LogP contribution in [0.4, 0.5) is 0 Å². The summed E-state index contributed by atoms with van der Waals surface area (Å²) in [5.74, 6) is 0.809. The Kier molecular flexibility index (Phi) is 2.80. The van der Waals surface area contributed by atoms with Crippen molar-refractivity contribution >= 4 is 11.0 Å². The van der Waals surface area contributed by atoms with Crippen LogP contribution >= 0.6 is 0 Å². The molecule has 3 nitrogen and oxygen atoms in total. The largest absolute Gasteiger partial charge is 0.450 e. The van der Waals surface area contributed by atoms with Gasteiger partial charge in [0.1, 0.15) is 11.3 Å². The zero-order valence-electron chi connectivity index (χ0n) is 10.4. The molecule has 0 amide bonds. The highest BCUT2D eigenvalue weighted by Crippen LogP contribution is 2.22. The summed E-state index contributed by atoms with van der Waals surface area (Å²) in [7, 11) is 0. The molecule has 0 fully saturated rings. The second kappa shape index (κ2) is 4.61. The van der Waals surface area contributed by atoms with Gasteiger partial charge in [-0.15, -0.1) is 0 Å². The second-order valence-electron chi connectivity index (χ2n) is 4.35. The average molecular weight is 252 g/mol. The Morgan fingerprint density at radius 2 is 1.79 bits per heavy atom. The molecule has 1 aromatic heterocycles. The van der Waals surface area contributed by atoms with Crippen molar-refractivity contribution in [3.05, 3.63) is 70.6 Å². The lowest BCUT2D eigenvalue weighted by Gasteiger charge is -2.05. The van der Waals surface area contributed by atoms with Gasteiger partial charge in [-0.05, 0) is 36.8 Å². The van der Waals surface area contributed by atoms with E-state index in [0.29, 0.717) is 11.3 Å². The van der Waals surface area contributed by atoms with Crippen molar-refractivity contribution in [2.45, 2.75) is 6.92 Å². The van der Waals surface area contributed by atoms with E-state index in [1.807, 2.05) is 43.3 Å². The van der Waals surface area contributed by atoms with E-state index >= 15 is 0 Å². The van der Waals surface area contributed by atoms with Gasteiger partial charge in [0.25, 0.3) is 0 Å². The summed E-state index contributed by atoms with van der Waals surface area (Å²) in [4.78, 5) is 11.9. The van der Waals surface area contributed by atoms with E-state index in [-0.39, 0.29) is 5.75 Å². The minimum Gasteiger partial charge on any atom is -0.450 e. The Morgan fingerprint density at radius 1 is 1.00 bits per heavy atom. The van der Waals surface area contributed by atoms with Crippen LogP contribution in [0.15, 0.2) is 63.8 Å². The van der Waals surface area contributed by atoms with Gasteiger partial charge in [0, 0.05) is 5.39 Å². The van der Waals surface area contributed by atoms with E-state index in [4.69, 9.17) is 9.15 Å². The molecular formula is C16H12O3. The van der Waals surface area contributed by atoms with Gasteiger partial charge >= 0.3 is 5.63 Å². The lowest BCUT2D eigenvalue weighted by Crippen LogP contribution is -2.02. The third-order valence-corrected chi connectivity index (χ3v) is 2.83. The number of para-hydroxylation sites is 1.